The molecule has 0 rings (SSSR count). The molecule has 0 saturated carbocycles. The molecular weight excluding hydrogens is 1190 g/mol. The van der Waals surface area contributed by atoms with E-state index in [9.17, 15) is 43.2 Å². The first-order valence-electron chi connectivity index (χ1n) is 37.1. The molecule has 0 aliphatic heterocycles. The van der Waals surface area contributed by atoms with E-state index >= 15 is 0 Å². The van der Waals surface area contributed by atoms with Gasteiger partial charge in [0.25, 0.3) is 0 Å². The lowest BCUT2D eigenvalue weighted by Crippen LogP contribution is -2.30. The van der Waals surface area contributed by atoms with Gasteiger partial charge in [-0.1, -0.05) is 317 Å². The van der Waals surface area contributed by atoms with Crippen LogP contribution in [0.15, 0.2) is 0 Å². The summed E-state index contributed by atoms with van der Waals surface area (Å²) in [5.41, 5.74) is 0. The first-order valence-corrected chi connectivity index (χ1v) is 40.1. The second-order valence-corrected chi connectivity index (χ2v) is 29.0. The molecule has 3 N–H and O–H groups in total. The van der Waals surface area contributed by atoms with E-state index in [1.54, 1.807) is 0 Å². The molecule has 0 spiro atoms. The number of phosphoric acid groups is 2. The number of aliphatic hydroxyl groups is 1. The summed E-state index contributed by atoms with van der Waals surface area (Å²) in [6.45, 7) is 7.26. The Morgan fingerprint density at radius 3 is 0.756 bits per heavy atom. The molecule has 0 aliphatic carbocycles. The fourth-order valence-corrected chi connectivity index (χ4v) is 12.4. The van der Waals surface area contributed by atoms with Crippen molar-refractivity contribution in [2.75, 3.05) is 39.6 Å². The van der Waals surface area contributed by atoms with Crippen molar-refractivity contribution in [3.05, 3.63) is 0 Å². The highest BCUT2D eigenvalue weighted by atomic mass is 31.2. The van der Waals surface area contributed by atoms with Crippen LogP contribution in [0.3, 0.4) is 0 Å². The van der Waals surface area contributed by atoms with Gasteiger partial charge < -0.3 is 33.8 Å². The molecule has 5 atom stereocenters. The number of esters is 4. The molecule has 0 aromatic heterocycles. The largest absolute Gasteiger partial charge is 0.472 e. The number of ether oxygens (including phenoxy) is 4. The van der Waals surface area contributed by atoms with Crippen LogP contribution in [0.2, 0.25) is 0 Å². The van der Waals surface area contributed by atoms with Crippen LogP contribution >= 0.6 is 15.6 Å². The Kier molecular flexibility index (Phi) is 63.0. The third kappa shape index (κ3) is 64.8. The average Bonchev–Trinajstić information content (AvgIpc) is 3.73. The molecule has 0 aliphatic rings. The molecule has 90 heavy (non-hydrogen) atoms. The zero-order valence-corrected chi connectivity index (χ0v) is 60.1. The highest BCUT2D eigenvalue weighted by Gasteiger charge is 2.30. The first kappa shape index (κ1) is 88.1. The predicted octanol–water partition coefficient (Wildman–Crippen LogP) is 20.5. The average molecular weight is 1330 g/mol. The molecule has 17 nitrogen and oxygen atoms in total. The third-order valence-corrected chi connectivity index (χ3v) is 18.4. The lowest BCUT2D eigenvalue weighted by Gasteiger charge is -2.21. The fraction of sp³-hybridized carbons (Fsp3) is 0.944. The van der Waals surface area contributed by atoms with E-state index in [1.807, 2.05) is 0 Å². The van der Waals surface area contributed by atoms with E-state index < -0.39 is 97.5 Å². The van der Waals surface area contributed by atoms with Gasteiger partial charge in [0.2, 0.25) is 0 Å². The van der Waals surface area contributed by atoms with Gasteiger partial charge in [-0.2, -0.15) is 0 Å². The summed E-state index contributed by atoms with van der Waals surface area (Å²) in [6.07, 6.45) is 51.1. The van der Waals surface area contributed by atoms with Crippen molar-refractivity contribution >= 4 is 39.5 Å². The van der Waals surface area contributed by atoms with E-state index in [-0.39, 0.29) is 25.7 Å². The van der Waals surface area contributed by atoms with Gasteiger partial charge in [-0.25, -0.2) is 9.13 Å². The minimum Gasteiger partial charge on any atom is -0.462 e. The molecule has 0 fully saturated rings. The van der Waals surface area contributed by atoms with Crippen molar-refractivity contribution in [2.24, 2.45) is 5.92 Å². The molecule has 19 heteroatoms. The van der Waals surface area contributed by atoms with Crippen molar-refractivity contribution in [3.63, 3.8) is 0 Å². The Balaban J connectivity index is 5.24. The minimum atomic E-state index is -4.95. The van der Waals surface area contributed by atoms with Crippen molar-refractivity contribution in [3.8, 4) is 0 Å². The van der Waals surface area contributed by atoms with Crippen LogP contribution < -0.4 is 0 Å². The summed E-state index contributed by atoms with van der Waals surface area (Å²) in [4.78, 5) is 72.6. The number of unbranched alkanes of at least 4 members (excludes halogenated alkanes) is 43. The van der Waals surface area contributed by atoms with Crippen molar-refractivity contribution in [1.29, 1.82) is 0 Å². The number of carbonyl (C=O) groups excluding carboxylic acids is 4. The summed E-state index contributed by atoms with van der Waals surface area (Å²) in [7, 11) is -9.90. The molecule has 0 amide bonds. The van der Waals surface area contributed by atoms with E-state index in [4.69, 9.17) is 37.0 Å². The number of phosphoric ester groups is 2. The monoisotopic (exact) mass is 1320 g/mol. The molecule has 0 aromatic rings. The smallest absolute Gasteiger partial charge is 0.462 e. The number of hydrogen-bond donors (Lipinski definition) is 3. The van der Waals surface area contributed by atoms with E-state index in [1.165, 1.54) is 193 Å². The number of carbonyl (C=O) groups is 4. The van der Waals surface area contributed by atoms with Crippen LogP contribution in [0.4, 0.5) is 0 Å². The van der Waals surface area contributed by atoms with Crippen LogP contribution in [0.1, 0.15) is 369 Å². The Morgan fingerprint density at radius 2 is 0.511 bits per heavy atom. The van der Waals surface area contributed by atoms with Gasteiger partial charge in [0.05, 0.1) is 26.4 Å². The molecular formula is C71H138O17P2. The summed E-state index contributed by atoms with van der Waals surface area (Å²) in [6, 6.07) is 0. The van der Waals surface area contributed by atoms with Crippen molar-refractivity contribution < 1.29 is 80.2 Å². The number of rotatable bonds is 71. The normalized spacial score (nSPS) is 14.1. The maximum Gasteiger partial charge on any atom is 0.472 e. The van der Waals surface area contributed by atoms with Gasteiger partial charge >= 0.3 is 39.5 Å². The highest BCUT2D eigenvalue weighted by molar-refractivity contribution is 7.47. The molecule has 0 radical (unpaired) electrons. The fourth-order valence-electron chi connectivity index (χ4n) is 10.8. The van der Waals surface area contributed by atoms with Crippen molar-refractivity contribution in [1.82, 2.24) is 0 Å². The summed E-state index contributed by atoms with van der Waals surface area (Å²) < 4.78 is 68.3. The maximum atomic E-state index is 13.0. The summed E-state index contributed by atoms with van der Waals surface area (Å²) in [5.74, 6) is -1.34. The molecule has 2 unspecified atom stereocenters. The van der Waals surface area contributed by atoms with Crippen LogP contribution in [0, 0.1) is 5.92 Å². The SMILES string of the molecule is CCCCCCCCCCCCCCCC(=O)OC[C@H](COP(=O)(O)OC[C@@H](O)COP(=O)(O)OC[C@@H](COC(=O)CCCCCCCCCCC)OC(=O)CCCCCCCCCCCCCCC)OC(=O)CCCCCCCCCCCCCCC(C)C. The third-order valence-electron chi connectivity index (χ3n) is 16.5. The van der Waals surface area contributed by atoms with E-state index in [0.717, 1.165) is 95.8 Å². The van der Waals surface area contributed by atoms with Gasteiger partial charge in [-0.15, -0.1) is 0 Å². The second kappa shape index (κ2) is 64.4. The lowest BCUT2D eigenvalue weighted by molar-refractivity contribution is -0.161. The Hall–Kier alpha value is -1.94. The van der Waals surface area contributed by atoms with Crippen LogP contribution in [0.5, 0.6) is 0 Å². The van der Waals surface area contributed by atoms with Gasteiger partial charge in [-0.05, 0) is 31.6 Å². The minimum absolute atomic E-state index is 0.107. The first-order chi connectivity index (χ1) is 43.5. The Bertz CT molecular complexity index is 1740. The zero-order chi connectivity index (χ0) is 66.3. The van der Waals surface area contributed by atoms with Crippen molar-refractivity contribution in [2.45, 2.75) is 387 Å². The Morgan fingerprint density at radius 1 is 0.300 bits per heavy atom. The number of aliphatic hydroxyl groups excluding tert-OH is 1. The van der Waals surface area contributed by atoms with Gasteiger partial charge in [0.15, 0.2) is 12.2 Å². The topological polar surface area (TPSA) is 237 Å². The maximum absolute atomic E-state index is 13.0. The second-order valence-electron chi connectivity index (χ2n) is 26.1. The van der Waals surface area contributed by atoms with Gasteiger partial charge in [0, 0.05) is 25.7 Å². The van der Waals surface area contributed by atoms with Crippen LogP contribution in [0.25, 0.3) is 0 Å². The molecule has 0 saturated heterocycles. The predicted molar refractivity (Wildman–Crippen MR) is 363 cm³/mol. The highest BCUT2D eigenvalue weighted by Crippen LogP contribution is 2.45. The molecule has 0 aromatic carbocycles. The molecule has 0 bridgehead atoms. The number of hydrogen-bond acceptors (Lipinski definition) is 15. The van der Waals surface area contributed by atoms with Crippen LogP contribution in [-0.4, -0.2) is 96.7 Å². The quantitative estimate of drug-likeness (QED) is 0.0222. The lowest BCUT2D eigenvalue weighted by atomic mass is 10.0. The summed E-state index contributed by atoms with van der Waals surface area (Å²) >= 11 is 0. The van der Waals surface area contributed by atoms with E-state index in [0.29, 0.717) is 25.7 Å². The van der Waals surface area contributed by atoms with Gasteiger partial charge in [-0.3, -0.25) is 37.3 Å². The van der Waals surface area contributed by atoms with Crippen LogP contribution in [-0.2, 0) is 65.4 Å². The standard InChI is InChI=1S/C71H138O17P2/c1-6-9-12-15-18-21-23-25-30-35-40-45-50-55-69(74)82-61-67(88-71(76)57-52-47-42-37-32-28-27-29-34-38-43-48-53-64(4)5)63-86-90(79,80)84-59-65(72)58-83-89(77,78)85-62-66(60-81-68(73)54-49-44-39-33-20-17-14-11-8-3)87-70(75)56-51-46-41-36-31-26-24-22-19-16-13-10-7-2/h64-67,72H,6-63H2,1-5H3,(H,77,78)(H,79,80)/t65-,66+,67+/m0/s1. The van der Waals surface area contributed by atoms with E-state index in [2.05, 4.69) is 34.6 Å². The van der Waals surface area contributed by atoms with Gasteiger partial charge in [0.1, 0.15) is 19.3 Å². The zero-order valence-electron chi connectivity index (χ0n) is 58.3. The Labute approximate surface area is 549 Å². The molecule has 534 valence electrons. The molecule has 0 heterocycles. The summed E-state index contributed by atoms with van der Waals surface area (Å²) in [5, 5.41) is 10.6.